The van der Waals surface area contributed by atoms with Crippen molar-refractivity contribution in [1.29, 1.82) is 0 Å². The van der Waals surface area contributed by atoms with E-state index >= 15 is 0 Å². The number of amides is 1. The molecule has 0 radical (unpaired) electrons. The third-order valence-corrected chi connectivity index (χ3v) is 5.69. The van der Waals surface area contributed by atoms with Gasteiger partial charge >= 0.3 is 5.69 Å². The lowest BCUT2D eigenvalue weighted by Gasteiger charge is -2.21. The second kappa shape index (κ2) is 5.74. The smallest absolute Gasteiger partial charge is 0.327 e. The minimum atomic E-state index is -0.354. The SMILES string of the molecule is O=C(c1csc(-c2cccs2)n1)N1CCC[C@@H]1c1n[nH]c(=O)[nH]1. The number of hydrogen-bond donors (Lipinski definition) is 2. The van der Waals surface area contributed by atoms with Gasteiger partial charge in [-0.25, -0.2) is 14.9 Å². The van der Waals surface area contributed by atoms with Crippen LogP contribution in [0, 0.1) is 0 Å². The summed E-state index contributed by atoms with van der Waals surface area (Å²) in [5, 5.41) is 11.0. The summed E-state index contributed by atoms with van der Waals surface area (Å²) in [5.41, 5.74) is 0.0936. The zero-order valence-corrected chi connectivity index (χ0v) is 13.6. The van der Waals surface area contributed by atoms with E-state index in [1.807, 2.05) is 17.5 Å². The van der Waals surface area contributed by atoms with Gasteiger partial charge in [0.1, 0.15) is 10.7 Å². The van der Waals surface area contributed by atoms with Gasteiger partial charge in [0.15, 0.2) is 5.82 Å². The monoisotopic (exact) mass is 347 g/mol. The summed E-state index contributed by atoms with van der Waals surface area (Å²) in [4.78, 5) is 33.9. The number of aromatic amines is 2. The van der Waals surface area contributed by atoms with Gasteiger partial charge in [-0.3, -0.25) is 9.78 Å². The maximum absolute atomic E-state index is 12.8. The maximum atomic E-state index is 12.8. The van der Waals surface area contributed by atoms with Crippen molar-refractivity contribution in [3.05, 3.63) is 44.9 Å². The Hall–Kier alpha value is -2.26. The number of thiazole rings is 1. The second-order valence-electron chi connectivity index (χ2n) is 5.23. The third-order valence-electron chi connectivity index (χ3n) is 3.80. The lowest BCUT2D eigenvalue weighted by molar-refractivity contribution is 0.0725. The van der Waals surface area contributed by atoms with Crippen LogP contribution in [-0.2, 0) is 0 Å². The molecular weight excluding hydrogens is 334 g/mol. The fourth-order valence-electron chi connectivity index (χ4n) is 2.77. The number of carbonyl (C=O) groups is 1. The van der Waals surface area contributed by atoms with E-state index in [1.54, 1.807) is 21.6 Å². The molecule has 0 aliphatic carbocycles. The van der Waals surface area contributed by atoms with Crippen molar-refractivity contribution in [1.82, 2.24) is 25.1 Å². The fraction of sp³-hybridized carbons (Fsp3) is 0.286. The molecule has 9 heteroatoms. The lowest BCUT2D eigenvalue weighted by atomic mass is 10.2. The topological polar surface area (TPSA) is 94.7 Å². The molecule has 1 atom stereocenters. The summed E-state index contributed by atoms with van der Waals surface area (Å²) >= 11 is 3.07. The molecule has 0 bridgehead atoms. The van der Waals surface area contributed by atoms with Crippen LogP contribution in [0.25, 0.3) is 9.88 Å². The summed E-state index contributed by atoms with van der Waals surface area (Å²) in [7, 11) is 0. The highest BCUT2D eigenvalue weighted by atomic mass is 32.1. The van der Waals surface area contributed by atoms with Crippen molar-refractivity contribution in [3.8, 4) is 9.88 Å². The Bertz CT molecular complexity index is 879. The van der Waals surface area contributed by atoms with Crippen molar-refractivity contribution in [2.45, 2.75) is 18.9 Å². The molecule has 7 nitrogen and oxygen atoms in total. The van der Waals surface area contributed by atoms with Crippen molar-refractivity contribution >= 4 is 28.6 Å². The largest absolute Gasteiger partial charge is 0.340 e. The van der Waals surface area contributed by atoms with Crippen LogP contribution < -0.4 is 5.69 Å². The first-order valence-corrected chi connectivity index (χ1v) is 8.93. The number of H-pyrrole nitrogens is 2. The van der Waals surface area contributed by atoms with Crippen LogP contribution >= 0.6 is 22.7 Å². The van der Waals surface area contributed by atoms with E-state index in [1.165, 1.54) is 11.3 Å². The van der Waals surface area contributed by atoms with Crippen LogP contribution in [0.2, 0.25) is 0 Å². The molecule has 3 aromatic rings. The minimum Gasteiger partial charge on any atom is -0.327 e. The van der Waals surface area contributed by atoms with Crippen LogP contribution in [0.1, 0.15) is 35.2 Å². The molecule has 23 heavy (non-hydrogen) atoms. The highest BCUT2D eigenvalue weighted by Crippen LogP contribution is 2.32. The molecule has 1 amide bonds. The van der Waals surface area contributed by atoms with Crippen LogP contribution in [-0.4, -0.2) is 37.5 Å². The molecule has 0 spiro atoms. The number of rotatable bonds is 3. The van der Waals surface area contributed by atoms with E-state index in [0.717, 1.165) is 22.7 Å². The predicted octanol–water partition coefficient (Wildman–Crippen LogP) is 2.26. The number of carbonyl (C=O) groups excluding carboxylic acids is 1. The van der Waals surface area contributed by atoms with Gasteiger partial charge in [-0.2, -0.15) is 5.10 Å². The summed E-state index contributed by atoms with van der Waals surface area (Å²) in [6, 6.07) is 3.76. The Morgan fingerprint density at radius 3 is 3.04 bits per heavy atom. The van der Waals surface area contributed by atoms with Crippen molar-refractivity contribution in [2.24, 2.45) is 0 Å². The van der Waals surface area contributed by atoms with Crippen LogP contribution in [0.15, 0.2) is 27.7 Å². The number of aromatic nitrogens is 4. The summed E-state index contributed by atoms with van der Waals surface area (Å²) in [6.45, 7) is 0.643. The second-order valence-corrected chi connectivity index (χ2v) is 7.04. The molecule has 4 rings (SSSR count). The Labute approximate surface area is 139 Å². The van der Waals surface area contributed by atoms with Gasteiger partial charge in [0, 0.05) is 11.9 Å². The Morgan fingerprint density at radius 1 is 1.39 bits per heavy atom. The molecule has 0 unspecified atom stereocenters. The van der Waals surface area contributed by atoms with Crippen molar-refractivity contribution in [3.63, 3.8) is 0 Å². The molecule has 1 fully saturated rings. The molecule has 0 aromatic carbocycles. The summed E-state index contributed by atoms with van der Waals surface area (Å²) in [5.74, 6) is 0.393. The van der Waals surface area contributed by atoms with Crippen LogP contribution in [0.4, 0.5) is 0 Å². The minimum absolute atomic E-state index is 0.115. The normalized spacial score (nSPS) is 17.7. The quantitative estimate of drug-likeness (QED) is 0.760. The Balaban J connectivity index is 1.59. The highest BCUT2D eigenvalue weighted by molar-refractivity contribution is 7.20. The zero-order valence-electron chi connectivity index (χ0n) is 12.0. The predicted molar refractivity (Wildman–Crippen MR) is 87.6 cm³/mol. The van der Waals surface area contributed by atoms with E-state index in [2.05, 4.69) is 20.2 Å². The first kappa shape index (κ1) is 14.3. The molecule has 1 saturated heterocycles. The van der Waals surface area contributed by atoms with Gasteiger partial charge in [-0.15, -0.1) is 22.7 Å². The van der Waals surface area contributed by atoms with Gasteiger partial charge in [0.05, 0.1) is 10.9 Å². The van der Waals surface area contributed by atoms with E-state index in [-0.39, 0.29) is 17.6 Å². The zero-order chi connectivity index (χ0) is 15.8. The summed E-state index contributed by atoms with van der Waals surface area (Å²) < 4.78 is 0. The van der Waals surface area contributed by atoms with Gasteiger partial charge < -0.3 is 4.90 Å². The number of nitrogens with one attached hydrogen (secondary N) is 2. The van der Waals surface area contributed by atoms with Gasteiger partial charge in [0.2, 0.25) is 0 Å². The molecule has 2 N–H and O–H groups in total. The van der Waals surface area contributed by atoms with E-state index in [0.29, 0.717) is 18.1 Å². The van der Waals surface area contributed by atoms with Crippen LogP contribution in [0.5, 0.6) is 0 Å². The molecule has 0 saturated carbocycles. The first-order chi connectivity index (χ1) is 11.2. The van der Waals surface area contributed by atoms with Crippen molar-refractivity contribution in [2.75, 3.05) is 6.54 Å². The van der Waals surface area contributed by atoms with Crippen molar-refractivity contribution < 1.29 is 4.79 Å². The van der Waals surface area contributed by atoms with Gasteiger partial charge in [0.25, 0.3) is 5.91 Å². The van der Waals surface area contributed by atoms with Gasteiger partial charge in [-0.05, 0) is 24.3 Å². The average Bonchev–Trinajstić information content (AvgIpc) is 3.31. The van der Waals surface area contributed by atoms with E-state index < -0.39 is 0 Å². The maximum Gasteiger partial charge on any atom is 0.340 e. The number of thiophene rings is 1. The molecule has 1 aliphatic heterocycles. The number of nitrogens with zero attached hydrogens (tertiary/aromatic N) is 3. The molecule has 1 aliphatic rings. The average molecular weight is 347 g/mol. The Kier molecular flexibility index (Phi) is 3.58. The highest BCUT2D eigenvalue weighted by Gasteiger charge is 2.33. The van der Waals surface area contributed by atoms with Crippen LogP contribution in [0.3, 0.4) is 0 Å². The third kappa shape index (κ3) is 2.62. The molecule has 3 aromatic heterocycles. The number of hydrogen-bond acceptors (Lipinski definition) is 6. The standard InChI is InChI=1S/C14H13N5O2S2/c20-13(8-7-23-12(15-8)10-4-2-6-22-10)19-5-1-3-9(19)11-16-14(21)18-17-11/h2,4,6-7,9H,1,3,5H2,(H2,16,17,18,21)/t9-/m1/s1. The number of likely N-dealkylation sites (tertiary alicyclic amines) is 1. The Morgan fingerprint density at radius 2 is 2.30 bits per heavy atom. The first-order valence-electron chi connectivity index (χ1n) is 7.17. The van der Waals surface area contributed by atoms with E-state index in [4.69, 9.17) is 0 Å². The molecule has 4 heterocycles. The fourth-order valence-corrected chi connectivity index (χ4v) is 4.38. The van der Waals surface area contributed by atoms with Gasteiger partial charge in [-0.1, -0.05) is 6.07 Å². The molecule has 118 valence electrons. The van der Waals surface area contributed by atoms with E-state index in [9.17, 15) is 9.59 Å². The molecular formula is C14H13N5O2S2. The summed E-state index contributed by atoms with van der Waals surface area (Å²) in [6.07, 6.45) is 1.67. The lowest BCUT2D eigenvalue weighted by Crippen LogP contribution is -2.31.